The van der Waals surface area contributed by atoms with Crippen molar-refractivity contribution in [2.75, 3.05) is 26.7 Å². The van der Waals surface area contributed by atoms with E-state index >= 15 is 0 Å². The third-order valence-electron chi connectivity index (χ3n) is 5.88. The maximum Gasteiger partial charge on any atom is 0.273 e. The van der Waals surface area contributed by atoms with E-state index in [1.807, 2.05) is 35.5 Å². The van der Waals surface area contributed by atoms with Gasteiger partial charge in [0.05, 0.1) is 5.01 Å². The molecule has 0 N–H and O–H groups in total. The van der Waals surface area contributed by atoms with E-state index in [-0.39, 0.29) is 11.9 Å². The Bertz CT molecular complexity index is 941. The van der Waals surface area contributed by atoms with Gasteiger partial charge in [-0.1, -0.05) is 60.7 Å². The standard InChI is InChI=1S/C25H29N3OS/c1-27(22-13-8-15-28(18-22)16-14-20-9-4-2-5-10-20)25(29)23-19-30-24(26-23)17-21-11-6-3-7-12-21/h2-7,9-12,19,22H,8,13-18H2,1H3. The average Bonchev–Trinajstić information content (AvgIpc) is 3.27. The molecule has 1 saturated heterocycles. The van der Waals surface area contributed by atoms with Crippen molar-refractivity contribution >= 4 is 17.2 Å². The number of hydrogen-bond donors (Lipinski definition) is 0. The molecule has 1 aliphatic rings. The van der Waals surface area contributed by atoms with Gasteiger partial charge in [0.1, 0.15) is 5.69 Å². The van der Waals surface area contributed by atoms with E-state index in [0.29, 0.717) is 5.69 Å². The Kier molecular flexibility index (Phi) is 6.92. The highest BCUT2D eigenvalue weighted by molar-refractivity contribution is 7.09. The highest BCUT2D eigenvalue weighted by Crippen LogP contribution is 2.20. The van der Waals surface area contributed by atoms with Crippen molar-refractivity contribution in [3.05, 3.63) is 87.9 Å². The van der Waals surface area contributed by atoms with Crippen LogP contribution < -0.4 is 0 Å². The van der Waals surface area contributed by atoms with Gasteiger partial charge < -0.3 is 9.80 Å². The van der Waals surface area contributed by atoms with E-state index in [0.717, 1.165) is 50.3 Å². The number of benzene rings is 2. The molecule has 1 unspecified atom stereocenters. The maximum atomic E-state index is 13.0. The molecule has 4 nitrogen and oxygen atoms in total. The second kappa shape index (κ2) is 10.0. The summed E-state index contributed by atoms with van der Waals surface area (Å²) in [5.41, 5.74) is 3.17. The monoisotopic (exact) mass is 419 g/mol. The van der Waals surface area contributed by atoms with Crippen LogP contribution >= 0.6 is 11.3 Å². The second-order valence-corrected chi connectivity index (χ2v) is 8.98. The Hall–Kier alpha value is -2.50. The lowest BCUT2D eigenvalue weighted by Crippen LogP contribution is -2.49. The Morgan fingerprint density at radius 1 is 1.10 bits per heavy atom. The maximum absolute atomic E-state index is 13.0. The van der Waals surface area contributed by atoms with Crippen LogP contribution in [0.5, 0.6) is 0 Å². The fourth-order valence-corrected chi connectivity index (χ4v) is 4.89. The van der Waals surface area contributed by atoms with Crippen molar-refractivity contribution in [2.24, 2.45) is 0 Å². The fourth-order valence-electron chi connectivity index (χ4n) is 4.09. The lowest BCUT2D eigenvalue weighted by molar-refractivity contribution is 0.0614. The number of hydrogen-bond acceptors (Lipinski definition) is 4. The first kappa shape index (κ1) is 20.8. The van der Waals surface area contributed by atoms with E-state index < -0.39 is 0 Å². The van der Waals surface area contributed by atoms with Gasteiger partial charge in [-0.15, -0.1) is 11.3 Å². The molecular formula is C25H29N3OS. The smallest absolute Gasteiger partial charge is 0.273 e. The summed E-state index contributed by atoms with van der Waals surface area (Å²) in [6, 6.07) is 21.2. The Morgan fingerprint density at radius 3 is 2.53 bits per heavy atom. The first-order valence-electron chi connectivity index (χ1n) is 10.7. The molecule has 3 aromatic rings. The van der Waals surface area contributed by atoms with Gasteiger partial charge in [0.15, 0.2) is 0 Å². The van der Waals surface area contributed by atoms with E-state index in [4.69, 9.17) is 0 Å². The van der Waals surface area contributed by atoms with Crippen molar-refractivity contribution < 1.29 is 4.79 Å². The third kappa shape index (κ3) is 5.35. The van der Waals surface area contributed by atoms with Crippen LogP contribution in [0.25, 0.3) is 0 Å². The van der Waals surface area contributed by atoms with E-state index in [1.54, 1.807) is 11.3 Å². The van der Waals surface area contributed by atoms with Crippen molar-refractivity contribution in [1.29, 1.82) is 0 Å². The van der Waals surface area contributed by atoms with Gasteiger partial charge in [-0.3, -0.25) is 4.79 Å². The minimum absolute atomic E-state index is 0.0421. The number of carbonyl (C=O) groups excluding carboxylic acids is 1. The van der Waals surface area contributed by atoms with Crippen LogP contribution in [-0.4, -0.2) is 53.4 Å². The minimum Gasteiger partial charge on any atom is -0.336 e. The molecular weight excluding hydrogens is 390 g/mol. The number of carbonyl (C=O) groups is 1. The van der Waals surface area contributed by atoms with Crippen molar-refractivity contribution in [3.8, 4) is 0 Å². The number of rotatable bonds is 7. The fraction of sp³-hybridized carbons (Fsp3) is 0.360. The largest absolute Gasteiger partial charge is 0.336 e. The van der Waals surface area contributed by atoms with Crippen molar-refractivity contribution in [3.63, 3.8) is 0 Å². The molecule has 1 amide bonds. The zero-order chi connectivity index (χ0) is 20.8. The van der Waals surface area contributed by atoms with Crippen LogP contribution in [0.15, 0.2) is 66.0 Å². The van der Waals surface area contributed by atoms with Crippen LogP contribution in [0.4, 0.5) is 0 Å². The lowest BCUT2D eigenvalue weighted by atomic mass is 10.0. The van der Waals surface area contributed by atoms with E-state index in [2.05, 4.69) is 52.3 Å². The third-order valence-corrected chi connectivity index (χ3v) is 6.73. The number of likely N-dealkylation sites (N-methyl/N-ethyl adjacent to an activating group) is 1. The predicted octanol–water partition coefficient (Wildman–Crippen LogP) is 4.51. The first-order valence-corrected chi connectivity index (χ1v) is 11.6. The van der Waals surface area contributed by atoms with Crippen LogP contribution in [-0.2, 0) is 12.8 Å². The zero-order valence-corrected chi connectivity index (χ0v) is 18.4. The summed E-state index contributed by atoms with van der Waals surface area (Å²) in [5.74, 6) is 0.0421. The van der Waals surface area contributed by atoms with Gasteiger partial charge >= 0.3 is 0 Å². The normalized spacial score (nSPS) is 17.0. The van der Waals surface area contributed by atoms with Gasteiger partial charge in [0.2, 0.25) is 0 Å². The molecule has 30 heavy (non-hydrogen) atoms. The van der Waals surface area contributed by atoms with Gasteiger partial charge in [0, 0.05) is 38.0 Å². The average molecular weight is 420 g/mol. The summed E-state index contributed by atoms with van der Waals surface area (Å²) in [6.45, 7) is 3.10. The number of aromatic nitrogens is 1. The van der Waals surface area contributed by atoms with Gasteiger partial charge in [-0.25, -0.2) is 4.98 Å². The predicted molar refractivity (Wildman–Crippen MR) is 123 cm³/mol. The Balaban J connectivity index is 1.33. The molecule has 4 rings (SSSR count). The number of nitrogens with zero attached hydrogens (tertiary/aromatic N) is 3. The molecule has 1 aliphatic heterocycles. The quantitative estimate of drug-likeness (QED) is 0.565. The Labute approximate surface area is 183 Å². The molecule has 5 heteroatoms. The van der Waals surface area contributed by atoms with Crippen molar-refractivity contribution in [1.82, 2.24) is 14.8 Å². The number of amides is 1. The highest BCUT2D eigenvalue weighted by Gasteiger charge is 2.27. The van der Waals surface area contributed by atoms with Crippen LogP contribution in [0.1, 0.15) is 39.5 Å². The highest BCUT2D eigenvalue weighted by atomic mass is 32.1. The Morgan fingerprint density at radius 2 is 1.80 bits per heavy atom. The molecule has 156 valence electrons. The molecule has 2 heterocycles. The van der Waals surface area contributed by atoms with E-state index in [9.17, 15) is 4.79 Å². The summed E-state index contributed by atoms with van der Waals surface area (Å²) in [4.78, 5) is 22.1. The molecule has 1 aromatic heterocycles. The van der Waals surface area contributed by atoms with Crippen molar-refractivity contribution in [2.45, 2.75) is 31.7 Å². The number of thiazole rings is 1. The molecule has 0 saturated carbocycles. The van der Waals surface area contributed by atoms with Crippen LogP contribution in [0.2, 0.25) is 0 Å². The van der Waals surface area contributed by atoms with Gasteiger partial charge in [0.25, 0.3) is 5.91 Å². The molecule has 2 aromatic carbocycles. The topological polar surface area (TPSA) is 36.4 Å². The molecule has 1 fully saturated rings. The second-order valence-electron chi connectivity index (χ2n) is 8.04. The molecule has 0 bridgehead atoms. The van der Waals surface area contributed by atoms with Gasteiger partial charge in [-0.05, 0) is 36.9 Å². The first-order chi connectivity index (χ1) is 14.7. The molecule has 0 radical (unpaired) electrons. The summed E-state index contributed by atoms with van der Waals surface area (Å²) >= 11 is 1.57. The molecule has 0 aliphatic carbocycles. The zero-order valence-electron chi connectivity index (χ0n) is 17.5. The SMILES string of the molecule is CN(C(=O)c1csc(Cc2ccccc2)n1)C1CCCN(CCc2ccccc2)C1. The molecule has 0 spiro atoms. The van der Waals surface area contributed by atoms with Gasteiger partial charge in [-0.2, -0.15) is 0 Å². The van der Waals surface area contributed by atoms with Crippen LogP contribution in [0, 0.1) is 0 Å². The number of likely N-dealkylation sites (tertiary alicyclic amines) is 1. The lowest BCUT2D eigenvalue weighted by Gasteiger charge is -2.37. The molecule has 1 atom stereocenters. The summed E-state index contributed by atoms with van der Waals surface area (Å²) < 4.78 is 0. The van der Waals surface area contributed by atoms with Crippen LogP contribution in [0.3, 0.4) is 0 Å². The summed E-state index contributed by atoms with van der Waals surface area (Å²) in [5, 5.41) is 2.90. The minimum atomic E-state index is 0.0421. The van der Waals surface area contributed by atoms with E-state index in [1.165, 1.54) is 11.1 Å². The summed E-state index contributed by atoms with van der Waals surface area (Å²) in [6.07, 6.45) is 4.03. The summed E-state index contributed by atoms with van der Waals surface area (Å²) in [7, 11) is 1.93. The number of piperidine rings is 1.